The third-order valence-corrected chi connectivity index (χ3v) is 23.7. The number of aromatic amines is 2. The predicted molar refractivity (Wildman–Crippen MR) is 355 cm³/mol. The van der Waals surface area contributed by atoms with Crippen molar-refractivity contribution in [1.29, 1.82) is 0 Å². The lowest BCUT2D eigenvalue weighted by Gasteiger charge is -2.50. The quantitative estimate of drug-likeness (QED) is 0.0122. The second kappa shape index (κ2) is 32.4. The SMILES string of the molecule is COC(=O)C[C@]1(COCCOCCOCCN2C[C@H](n3cc(C)c(=O)[nH]c3=O)O[C@@](COC(c3ccccc3)(c3ccc(OC)cc3)c3ccc(OC)cc3)(CO[Si](C(C)C)(C(C)C)C(C)C)C2)O[C@@H](n2cnc3c(=O)[nH]c(NC(=O)C(C)C)nc32)[C@H](OC(C)=O)[C@@H]1OC(C)=O. The molecule has 27 nitrogen and oxygen atoms in total. The molecular weight excluding hydrogens is 1260 g/mol. The molecule has 3 aromatic heterocycles. The summed E-state index contributed by atoms with van der Waals surface area (Å²) < 4.78 is 78.2. The molecule has 6 atom stereocenters. The van der Waals surface area contributed by atoms with Gasteiger partial charge in [0, 0.05) is 51.2 Å². The van der Waals surface area contributed by atoms with Gasteiger partial charge in [-0.3, -0.25) is 58.1 Å². The number of nitrogens with zero attached hydrogens (tertiary/aromatic N) is 5. The molecule has 2 aliphatic rings. The van der Waals surface area contributed by atoms with Crippen molar-refractivity contribution >= 4 is 49.2 Å². The fourth-order valence-corrected chi connectivity index (χ4v) is 18.6. The molecule has 6 aromatic rings. The van der Waals surface area contributed by atoms with E-state index in [-0.39, 0.29) is 93.1 Å². The van der Waals surface area contributed by atoms with E-state index in [1.54, 1.807) is 35.0 Å². The zero-order valence-corrected chi connectivity index (χ0v) is 58.3. The summed E-state index contributed by atoms with van der Waals surface area (Å²) in [7, 11) is 1.75. The van der Waals surface area contributed by atoms with Crippen molar-refractivity contribution in [2.75, 3.05) is 99.1 Å². The monoisotopic (exact) mass is 1350 g/mol. The van der Waals surface area contributed by atoms with Crippen LogP contribution in [0.15, 0.2) is 106 Å². The van der Waals surface area contributed by atoms with Gasteiger partial charge in [-0.05, 0) is 64.5 Å². The molecule has 0 bridgehead atoms. The lowest BCUT2D eigenvalue weighted by molar-refractivity contribution is -0.229. The maximum absolute atomic E-state index is 14.0. The fraction of sp³-hybridized carbons (Fsp3) is 0.544. The molecule has 2 aliphatic heterocycles. The molecule has 96 heavy (non-hydrogen) atoms. The van der Waals surface area contributed by atoms with Gasteiger partial charge in [-0.25, -0.2) is 9.78 Å². The number of ether oxygens (including phenoxy) is 11. The number of carbonyl (C=O) groups is 4. The molecule has 522 valence electrons. The number of aromatic nitrogens is 6. The molecule has 28 heteroatoms. The summed E-state index contributed by atoms with van der Waals surface area (Å²) in [6.07, 6.45) is -3.18. The number of hydrogen-bond acceptors (Lipinski definition) is 22. The van der Waals surface area contributed by atoms with Crippen molar-refractivity contribution in [2.45, 2.75) is 141 Å². The van der Waals surface area contributed by atoms with Crippen LogP contribution in [0.4, 0.5) is 5.95 Å². The van der Waals surface area contributed by atoms with Gasteiger partial charge in [0.05, 0.1) is 86.9 Å². The van der Waals surface area contributed by atoms with Gasteiger partial charge >= 0.3 is 23.6 Å². The third kappa shape index (κ3) is 16.7. The zero-order chi connectivity index (χ0) is 69.7. The molecule has 3 aromatic carbocycles. The molecular formula is C68H92N8O19Si. The number of rotatable bonds is 33. The van der Waals surface area contributed by atoms with Crippen molar-refractivity contribution in [3.8, 4) is 11.5 Å². The molecule has 0 unspecified atom stereocenters. The Balaban J connectivity index is 1.03. The smallest absolute Gasteiger partial charge is 0.330 e. The Labute approximate surface area is 558 Å². The number of amides is 1. The predicted octanol–water partition coefficient (Wildman–Crippen LogP) is 7.10. The van der Waals surface area contributed by atoms with E-state index in [2.05, 4.69) is 71.7 Å². The Morgan fingerprint density at radius 2 is 1.29 bits per heavy atom. The molecule has 8 rings (SSSR count). The maximum Gasteiger partial charge on any atom is 0.330 e. The third-order valence-electron chi connectivity index (χ3n) is 17.6. The van der Waals surface area contributed by atoms with Crippen molar-refractivity contribution in [2.24, 2.45) is 5.92 Å². The number of carbonyl (C=O) groups excluding carboxylic acids is 4. The number of esters is 3. The second-order valence-corrected chi connectivity index (χ2v) is 30.9. The summed E-state index contributed by atoms with van der Waals surface area (Å²) in [6, 6.07) is 25.5. The van der Waals surface area contributed by atoms with Gasteiger partial charge in [-0.15, -0.1) is 0 Å². The van der Waals surface area contributed by atoms with Crippen LogP contribution in [-0.4, -0.2) is 183 Å². The molecule has 1 amide bonds. The first-order valence-corrected chi connectivity index (χ1v) is 34.3. The standard InChI is InChI=1S/C68H92N8O19Si/c1-42(2)60(80)71-64-70-59-56(62(82)72-64)69-41-76(59)63-57(92-47(10)77)58(93-48(11)78)67(95-63,34-55(79)86-14)40-89-33-32-88-31-30-87-29-28-74-36-54(75-35-46(9)61(81)73-65(75)83)94-66(37-74,39-91-96(43(3)4,44(5)6)45(7)8)38-90-68(49-18-16-15-17-19-49,50-20-24-52(84-12)25-21-50)51-22-26-53(85-13)27-23-51/h15-27,35,41-45,54,57-58,63H,28-34,36-40H2,1-14H3,(H,73,81,83)(H2,70,71,72,80,82)/t54-,57-,58+,63-,66+,67-/m1/s1. The number of methoxy groups -OCH3 is 3. The van der Waals surface area contributed by atoms with Gasteiger partial charge < -0.3 is 56.5 Å². The first-order valence-electron chi connectivity index (χ1n) is 32.2. The molecule has 2 fully saturated rings. The van der Waals surface area contributed by atoms with E-state index in [4.69, 9.17) is 56.5 Å². The van der Waals surface area contributed by atoms with Gasteiger partial charge in [-0.2, -0.15) is 4.98 Å². The van der Waals surface area contributed by atoms with Crippen LogP contribution in [0.2, 0.25) is 16.6 Å². The number of benzene rings is 3. The topological polar surface area (TPSA) is 313 Å². The number of hydrogen-bond donors (Lipinski definition) is 3. The molecule has 3 N–H and O–H groups in total. The number of nitrogens with one attached hydrogen (secondary N) is 3. The van der Waals surface area contributed by atoms with Crippen molar-refractivity contribution in [3.63, 3.8) is 0 Å². The molecule has 0 saturated carbocycles. The normalized spacial score (nSPS) is 20.1. The summed E-state index contributed by atoms with van der Waals surface area (Å²) >= 11 is 0. The summed E-state index contributed by atoms with van der Waals surface area (Å²) in [5.74, 6) is -2.18. The zero-order valence-electron chi connectivity index (χ0n) is 57.3. The van der Waals surface area contributed by atoms with Crippen LogP contribution in [0.1, 0.15) is 110 Å². The fourth-order valence-electron chi connectivity index (χ4n) is 13.1. The highest BCUT2D eigenvalue weighted by molar-refractivity contribution is 6.77. The number of imidazole rings is 1. The van der Waals surface area contributed by atoms with E-state index in [0.29, 0.717) is 23.6 Å². The Hall–Kier alpha value is -7.93. The van der Waals surface area contributed by atoms with Gasteiger partial charge in [0.25, 0.3) is 11.1 Å². The average Bonchev–Trinajstić information content (AvgIpc) is 1.41. The molecule has 2 saturated heterocycles. The van der Waals surface area contributed by atoms with Crippen molar-refractivity contribution in [3.05, 3.63) is 145 Å². The van der Waals surface area contributed by atoms with Crippen LogP contribution in [-0.2, 0) is 71.8 Å². The van der Waals surface area contributed by atoms with Crippen LogP contribution in [0.3, 0.4) is 0 Å². The minimum absolute atomic E-state index is 0.0168. The van der Waals surface area contributed by atoms with Gasteiger partial charge in [0.1, 0.15) is 28.3 Å². The molecule has 0 spiro atoms. The molecule has 0 aliphatic carbocycles. The lowest BCUT2D eigenvalue weighted by Crippen LogP contribution is -2.62. The number of anilines is 1. The van der Waals surface area contributed by atoms with Gasteiger partial charge in [0.2, 0.25) is 11.9 Å². The first-order chi connectivity index (χ1) is 45.7. The Morgan fingerprint density at radius 3 is 1.85 bits per heavy atom. The van der Waals surface area contributed by atoms with E-state index in [1.807, 2.05) is 78.9 Å². The lowest BCUT2D eigenvalue weighted by atomic mass is 9.79. The minimum atomic E-state index is -2.65. The number of aryl methyl sites for hydroxylation is 1. The Morgan fingerprint density at radius 1 is 0.708 bits per heavy atom. The second-order valence-electron chi connectivity index (χ2n) is 25.5. The van der Waals surface area contributed by atoms with E-state index >= 15 is 0 Å². The maximum atomic E-state index is 14.0. The van der Waals surface area contributed by atoms with Crippen molar-refractivity contribution in [1.82, 2.24) is 34.0 Å². The summed E-state index contributed by atoms with van der Waals surface area (Å²) in [5, 5.41) is 2.56. The largest absolute Gasteiger partial charge is 0.497 e. The van der Waals surface area contributed by atoms with E-state index in [1.165, 1.54) is 21.7 Å². The Kier molecular flexibility index (Phi) is 24.9. The van der Waals surface area contributed by atoms with Gasteiger partial charge in [-0.1, -0.05) is 110 Å². The summed E-state index contributed by atoms with van der Waals surface area (Å²) in [6.45, 7) is 21.4. The number of morpholine rings is 1. The molecule has 0 radical (unpaired) electrons. The van der Waals surface area contributed by atoms with Gasteiger partial charge in [0.15, 0.2) is 44.1 Å². The van der Waals surface area contributed by atoms with Crippen LogP contribution in [0.25, 0.3) is 11.2 Å². The number of H-pyrrole nitrogens is 2. The highest BCUT2D eigenvalue weighted by Gasteiger charge is 2.61. The number of fused-ring (bicyclic) bond motifs is 1. The summed E-state index contributed by atoms with van der Waals surface area (Å²) in [4.78, 5) is 107. The Bertz CT molecular complexity index is 3710. The minimum Gasteiger partial charge on any atom is -0.497 e. The van der Waals surface area contributed by atoms with Crippen molar-refractivity contribution < 1.29 is 75.7 Å². The highest BCUT2D eigenvalue weighted by atomic mass is 28.4. The van der Waals surface area contributed by atoms with Crippen LogP contribution >= 0.6 is 0 Å². The van der Waals surface area contributed by atoms with Crippen LogP contribution < -0.4 is 31.6 Å². The van der Waals surface area contributed by atoms with E-state index < -0.39 is 109 Å². The van der Waals surface area contributed by atoms with Crippen LogP contribution in [0.5, 0.6) is 11.5 Å². The molecule has 5 heterocycles. The summed E-state index contributed by atoms with van der Waals surface area (Å²) in [5.41, 5.74) is -3.21. The van der Waals surface area contributed by atoms with E-state index in [0.717, 1.165) is 37.6 Å². The van der Waals surface area contributed by atoms with Crippen LogP contribution in [0, 0.1) is 12.8 Å². The first kappa shape index (κ1) is 73.9. The highest BCUT2D eigenvalue weighted by Crippen LogP contribution is 2.48. The average molecular weight is 1350 g/mol. The van der Waals surface area contributed by atoms with E-state index in [9.17, 15) is 33.6 Å².